The molecule has 0 saturated carbocycles. The minimum absolute atomic E-state index is 0.138. The van der Waals surface area contributed by atoms with Crippen LogP contribution in [0.4, 0.5) is 5.69 Å². The number of benzene rings is 2. The summed E-state index contributed by atoms with van der Waals surface area (Å²) >= 11 is 6.22. The Bertz CT molecular complexity index is 893. The number of halogens is 1. The molecule has 0 saturated heterocycles. The van der Waals surface area contributed by atoms with Gasteiger partial charge in [0.05, 0.1) is 25.5 Å². The van der Waals surface area contributed by atoms with Gasteiger partial charge in [0.25, 0.3) is 5.56 Å². The fourth-order valence-electron chi connectivity index (χ4n) is 2.40. The molecule has 128 valence electrons. The molecule has 2 aromatic carbocycles. The molecule has 0 aliphatic carbocycles. The van der Waals surface area contributed by atoms with Gasteiger partial charge in [-0.05, 0) is 23.3 Å². The van der Waals surface area contributed by atoms with Gasteiger partial charge in [0.1, 0.15) is 10.8 Å². The van der Waals surface area contributed by atoms with Crippen molar-refractivity contribution < 1.29 is 4.74 Å². The molecule has 0 fully saturated rings. The first-order chi connectivity index (χ1) is 12.2. The lowest BCUT2D eigenvalue weighted by Crippen LogP contribution is -2.24. The molecular formula is C19H18ClN3O2. The Balaban J connectivity index is 1.72. The average Bonchev–Trinajstić information content (AvgIpc) is 2.66. The molecule has 0 aliphatic rings. The van der Waals surface area contributed by atoms with Crippen molar-refractivity contribution in [2.24, 2.45) is 0 Å². The first-order valence-corrected chi connectivity index (χ1v) is 8.21. The van der Waals surface area contributed by atoms with Gasteiger partial charge in [0, 0.05) is 6.54 Å². The first kappa shape index (κ1) is 17.0. The highest BCUT2D eigenvalue weighted by Gasteiger charge is 2.09. The van der Waals surface area contributed by atoms with Gasteiger partial charge in [-0.2, -0.15) is 5.10 Å². The molecule has 0 atom stereocenters. The Morgan fingerprint density at radius 1 is 1.08 bits per heavy atom. The van der Waals surface area contributed by atoms with Gasteiger partial charge < -0.3 is 10.1 Å². The molecule has 3 aromatic rings. The standard InChI is InChI=1S/C19H18ClN3O2/c1-25-16-9-7-14(8-10-16)11-21-17-12-22-23(19(24)18(17)20)13-15-5-3-2-4-6-15/h2-10,12,21H,11,13H2,1H3. The first-order valence-electron chi connectivity index (χ1n) is 7.83. The van der Waals surface area contributed by atoms with E-state index in [2.05, 4.69) is 10.4 Å². The highest BCUT2D eigenvalue weighted by Crippen LogP contribution is 2.18. The van der Waals surface area contributed by atoms with E-state index in [0.29, 0.717) is 18.8 Å². The molecule has 1 heterocycles. The molecule has 0 unspecified atom stereocenters. The van der Waals surface area contributed by atoms with E-state index in [9.17, 15) is 4.79 Å². The number of ether oxygens (including phenoxy) is 1. The van der Waals surface area contributed by atoms with Crippen molar-refractivity contribution in [3.63, 3.8) is 0 Å². The van der Waals surface area contributed by atoms with Crippen molar-refractivity contribution in [1.82, 2.24) is 9.78 Å². The van der Waals surface area contributed by atoms with E-state index in [-0.39, 0.29) is 10.6 Å². The number of aromatic nitrogens is 2. The van der Waals surface area contributed by atoms with Crippen LogP contribution in [-0.4, -0.2) is 16.9 Å². The number of nitrogens with zero attached hydrogens (tertiary/aromatic N) is 2. The van der Waals surface area contributed by atoms with E-state index in [0.717, 1.165) is 16.9 Å². The lowest BCUT2D eigenvalue weighted by Gasteiger charge is -2.11. The number of hydrogen-bond donors (Lipinski definition) is 1. The second-order valence-corrected chi connectivity index (χ2v) is 5.90. The third-order valence-corrected chi connectivity index (χ3v) is 4.17. The Labute approximate surface area is 150 Å². The van der Waals surface area contributed by atoms with Crippen LogP contribution < -0.4 is 15.6 Å². The third kappa shape index (κ3) is 4.19. The van der Waals surface area contributed by atoms with Crippen LogP contribution in [0.3, 0.4) is 0 Å². The van der Waals surface area contributed by atoms with Crippen LogP contribution in [0.25, 0.3) is 0 Å². The van der Waals surface area contributed by atoms with E-state index < -0.39 is 0 Å². The molecule has 3 rings (SSSR count). The zero-order chi connectivity index (χ0) is 17.6. The second kappa shape index (κ2) is 7.85. The predicted octanol–water partition coefficient (Wildman–Crippen LogP) is 3.57. The fraction of sp³-hybridized carbons (Fsp3) is 0.158. The Morgan fingerprint density at radius 3 is 2.48 bits per heavy atom. The van der Waals surface area contributed by atoms with Crippen LogP contribution in [0.15, 0.2) is 65.6 Å². The van der Waals surface area contributed by atoms with Crippen LogP contribution in [0.5, 0.6) is 5.75 Å². The maximum absolute atomic E-state index is 12.4. The molecule has 0 spiro atoms. The molecule has 0 aliphatic heterocycles. The largest absolute Gasteiger partial charge is 0.497 e. The molecular weight excluding hydrogens is 338 g/mol. The summed E-state index contributed by atoms with van der Waals surface area (Å²) in [7, 11) is 1.63. The van der Waals surface area contributed by atoms with Crippen molar-refractivity contribution in [3.8, 4) is 5.75 Å². The molecule has 0 bridgehead atoms. The Morgan fingerprint density at radius 2 is 1.80 bits per heavy atom. The number of methoxy groups -OCH3 is 1. The van der Waals surface area contributed by atoms with Crippen molar-refractivity contribution in [3.05, 3.63) is 87.3 Å². The number of hydrogen-bond acceptors (Lipinski definition) is 4. The van der Waals surface area contributed by atoms with Crippen molar-refractivity contribution >= 4 is 17.3 Å². The van der Waals surface area contributed by atoms with Crippen molar-refractivity contribution in [2.75, 3.05) is 12.4 Å². The molecule has 25 heavy (non-hydrogen) atoms. The third-order valence-electron chi connectivity index (χ3n) is 3.80. The van der Waals surface area contributed by atoms with Crippen molar-refractivity contribution in [1.29, 1.82) is 0 Å². The van der Waals surface area contributed by atoms with E-state index in [4.69, 9.17) is 16.3 Å². The number of nitrogens with one attached hydrogen (secondary N) is 1. The van der Waals surface area contributed by atoms with Gasteiger partial charge in [0.2, 0.25) is 0 Å². The van der Waals surface area contributed by atoms with E-state index in [1.54, 1.807) is 13.3 Å². The maximum atomic E-state index is 12.4. The lowest BCUT2D eigenvalue weighted by molar-refractivity contribution is 0.414. The maximum Gasteiger partial charge on any atom is 0.287 e. The zero-order valence-electron chi connectivity index (χ0n) is 13.8. The number of anilines is 1. The van der Waals surface area contributed by atoms with Gasteiger partial charge in [-0.1, -0.05) is 54.1 Å². The van der Waals surface area contributed by atoms with Crippen LogP contribution in [0.1, 0.15) is 11.1 Å². The SMILES string of the molecule is COc1ccc(CNc2cnn(Cc3ccccc3)c(=O)c2Cl)cc1. The summed E-state index contributed by atoms with van der Waals surface area (Å²) in [5.41, 5.74) is 2.24. The van der Waals surface area contributed by atoms with E-state index >= 15 is 0 Å². The quantitative estimate of drug-likeness (QED) is 0.734. The minimum Gasteiger partial charge on any atom is -0.497 e. The van der Waals surface area contributed by atoms with Crippen LogP contribution in [-0.2, 0) is 13.1 Å². The minimum atomic E-state index is -0.315. The molecule has 1 N–H and O–H groups in total. The molecule has 1 aromatic heterocycles. The van der Waals surface area contributed by atoms with Crippen LogP contribution in [0, 0.1) is 0 Å². The normalized spacial score (nSPS) is 10.5. The topological polar surface area (TPSA) is 56.1 Å². The van der Waals surface area contributed by atoms with Gasteiger partial charge in [-0.3, -0.25) is 4.79 Å². The molecule has 5 nitrogen and oxygen atoms in total. The van der Waals surface area contributed by atoms with Gasteiger partial charge in [-0.15, -0.1) is 0 Å². The summed E-state index contributed by atoms with van der Waals surface area (Å²) in [5.74, 6) is 0.798. The average molecular weight is 356 g/mol. The lowest BCUT2D eigenvalue weighted by atomic mass is 10.2. The highest BCUT2D eigenvalue weighted by molar-refractivity contribution is 6.32. The zero-order valence-corrected chi connectivity index (χ0v) is 14.5. The summed E-state index contributed by atoms with van der Waals surface area (Å²) in [6.07, 6.45) is 1.58. The second-order valence-electron chi connectivity index (χ2n) is 5.52. The van der Waals surface area contributed by atoms with E-state index in [1.807, 2.05) is 54.6 Å². The number of rotatable bonds is 6. The summed E-state index contributed by atoms with van der Waals surface area (Å²) < 4.78 is 6.49. The van der Waals surface area contributed by atoms with Gasteiger partial charge in [0.15, 0.2) is 0 Å². The smallest absolute Gasteiger partial charge is 0.287 e. The highest BCUT2D eigenvalue weighted by atomic mass is 35.5. The fourth-order valence-corrected chi connectivity index (χ4v) is 2.61. The summed E-state index contributed by atoms with van der Waals surface area (Å²) in [5, 5.41) is 7.50. The molecule has 6 heteroatoms. The van der Waals surface area contributed by atoms with Gasteiger partial charge >= 0.3 is 0 Å². The predicted molar refractivity (Wildman–Crippen MR) is 99.4 cm³/mol. The van der Waals surface area contributed by atoms with Crippen LogP contribution >= 0.6 is 11.6 Å². The molecule has 0 radical (unpaired) electrons. The summed E-state index contributed by atoms with van der Waals surface area (Å²) in [6.45, 7) is 0.922. The Kier molecular flexibility index (Phi) is 5.36. The van der Waals surface area contributed by atoms with Crippen LogP contribution in [0.2, 0.25) is 5.02 Å². The van der Waals surface area contributed by atoms with Gasteiger partial charge in [-0.25, -0.2) is 4.68 Å². The van der Waals surface area contributed by atoms with E-state index in [1.165, 1.54) is 4.68 Å². The summed E-state index contributed by atoms with van der Waals surface area (Å²) in [4.78, 5) is 12.4. The summed E-state index contributed by atoms with van der Waals surface area (Å²) in [6, 6.07) is 17.3. The van der Waals surface area contributed by atoms with Crippen molar-refractivity contribution in [2.45, 2.75) is 13.1 Å². The monoisotopic (exact) mass is 355 g/mol. The molecule has 0 amide bonds. The Hall–Kier alpha value is -2.79.